The summed E-state index contributed by atoms with van der Waals surface area (Å²) in [7, 11) is 0. The molecule has 1 N–H and O–H groups in total. The van der Waals surface area contributed by atoms with Crippen molar-refractivity contribution in [1.29, 1.82) is 0 Å². The lowest BCUT2D eigenvalue weighted by Gasteiger charge is -2.20. The van der Waals surface area contributed by atoms with E-state index in [1.54, 1.807) is 30.5 Å². The molecule has 1 aromatic heterocycles. The lowest BCUT2D eigenvalue weighted by atomic mass is 10.2. The van der Waals surface area contributed by atoms with Crippen molar-refractivity contribution in [2.45, 2.75) is 19.8 Å². The number of anilines is 1. The molecule has 0 spiro atoms. The molecule has 0 saturated heterocycles. The minimum atomic E-state index is -0.349. The van der Waals surface area contributed by atoms with Gasteiger partial charge in [0.25, 0.3) is 0 Å². The fourth-order valence-corrected chi connectivity index (χ4v) is 2.68. The van der Waals surface area contributed by atoms with Gasteiger partial charge in [0.05, 0.1) is 28.5 Å². The number of aryl methyl sites for hydroxylation is 1. The molecule has 0 bridgehead atoms. The predicted molar refractivity (Wildman–Crippen MR) is 94.4 cm³/mol. The number of carbonyl (C=O) groups excluding carboxylic acids is 2. The predicted octanol–water partition coefficient (Wildman–Crippen LogP) is 4.01. The molecule has 0 unspecified atom stereocenters. The summed E-state index contributed by atoms with van der Waals surface area (Å²) < 4.78 is 5.20. The third-order valence-corrected chi connectivity index (χ3v) is 4.09. The largest absolute Gasteiger partial charge is 0.469 e. The smallest absolute Gasteiger partial charge is 0.244 e. The molecule has 0 saturated carbocycles. The highest BCUT2D eigenvalue weighted by molar-refractivity contribution is 6.39. The van der Waals surface area contributed by atoms with Gasteiger partial charge < -0.3 is 14.6 Å². The Kier molecular flexibility index (Phi) is 6.70. The molecule has 24 heavy (non-hydrogen) atoms. The fourth-order valence-electron chi connectivity index (χ4n) is 2.19. The SMILES string of the molecule is CCN(CC(=O)Nc1c(Cl)cccc1Cl)C(=O)CCc1ccco1. The van der Waals surface area contributed by atoms with Crippen LogP contribution in [-0.2, 0) is 16.0 Å². The lowest BCUT2D eigenvalue weighted by Crippen LogP contribution is -2.38. The van der Waals surface area contributed by atoms with Crippen LogP contribution in [-0.4, -0.2) is 29.8 Å². The summed E-state index contributed by atoms with van der Waals surface area (Å²) in [4.78, 5) is 25.9. The molecule has 128 valence electrons. The molecule has 1 aromatic carbocycles. The molecule has 2 amide bonds. The minimum Gasteiger partial charge on any atom is -0.469 e. The van der Waals surface area contributed by atoms with Gasteiger partial charge in [-0.2, -0.15) is 0 Å². The third-order valence-electron chi connectivity index (χ3n) is 3.46. The Bertz CT molecular complexity index is 682. The van der Waals surface area contributed by atoms with Crippen LogP contribution in [0.3, 0.4) is 0 Å². The van der Waals surface area contributed by atoms with Gasteiger partial charge in [-0.25, -0.2) is 0 Å². The summed E-state index contributed by atoms with van der Waals surface area (Å²) in [6.45, 7) is 2.19. The van der Waals surface area contributed by atoms with Gasteiger partial charge in [-0.3, -0.25) is 9.59 Å². The number of carbonyl (C=O) groups is 2. The standard InChI is InChI=1S/C17H18Cl2N2O3/c1-2-21(16(23)9-8-12-5-4-10-24-12)11-15(22)20-17-13(18)6-3-7-14(17)19/h3-7,10H,2,8-9,11H2,1H3,(H,20,22). The van der Waals surface area contributed by atoms with Crippen molar-refractivity contribution in [3.05, 3.63) is 52.4 Å². The molecule has 5 nitrogen and oxygen atoms in total. The van der Waals surface area contributed by atoms with Crippen molar-refractivity contribution in [2.75, 3.05) is 18.4 Å². The molecular formula is C17H18Cl2N2O3. The Morgan fingerprint density at radius 3 is 2.46 bits per heavy atom. The van der Waals surface area contributed by atoms with E-state index in [0.717, 1.165) is 5.76 Å². The molecule has 0 aliphatic carbocycles. The quantitative estimate of drug-likeness (QED) is 0.802. The summed E-state index contributed by atoms with van der Waals surface area (Å²) in [6, 6.07) is 8.55. The number of hydrogen-bond donors (Lipinski definition) is 1. The number of nitrogens with one attached hydrogen (secondary N) is 1. The number of para-hydroxylation sites is 1. The Hall–Kier alpha value is -1.98. The second-order valence-electron chi connectivity index (χ2n) is 5.13. The number of halogens is 2. The Morgan fingerprint density at radius 2 is 1.88 bits per heavy atom. The van der Waals surface area contributed by atoms with Gasteiger partial charge in [-0.1, -0.05) is 29.3 Å². The first-order valence-electron chi connectivity index (χ1n) is 7.55. The summed E-state index contributed by atoms with van der Waals surface area (Å²) in [5, 5.41) is 3.35. The Labute approximate surface area is 150 Å². The topological polar surface area (TPSA) is 62.6 Å². The van der Waals surface area contributed by atoms with Gasteiger partial charge in [-0.15, -0.1) is 0 Å². The lowest BCUT2D eigenvalue weighted by molar-refractivity contribution is -0.134. The van der Waals surface area contributed by atoms with Gasteiger partial charge >= 0.3 is 0 Å². The van der Waals surface area contributed by atoms with Crippen LogP contribution in [0, 0.1) is 0 Å². The molecule has 1 heterocycles. The number of rotatable bonds is 7. The average molecular weight is 369 g/mol. The number of amides is 2. The molecular weight excluding hydrogens is 351 g/mol. The zero-order valence-corrected chi connectivity index (χ0v) is 14.7. The summed E-state index contributed by atoms with van der Waals surface area (Å²) >= 11 is 12.0. The average Bonchev–Trinajstić information content (AvgIpc) is 3.07. The number of nitrogens with zero attached hydrogens (tertiary/aromatic N) is 1. The van der Waals surface area contributed by atoms with E-state index in [9.17, 15) is 9.59 Å². The highest BCUT2D eigenvalue weighted by Crippen LogP contribution is 2.29. The van der Waals surface area contributed by atoms with E-state index in [1.165, 1.54) is 4.90 Å². The van der Waals surface area contributed by atoms with E-state index in [-0.39, 0.29) is 24.8 Å². The first kappa shape index (κ1) is 18.4. The van der Waals surface area contributed by atoms with E-state index < -0.39 is 0 Å². The minimum absolute atomic E-state index is 0.0605. The Balaban J connectivity index is 1.91. The molecule has 0 aliphatic heterocycles. The van der Waals surface area contributed by atoms with Gasteiger partial charge in [0.1, 0.15) is 5.76 Å². The second-order valence-corrected chi connectivity index (χ2v) is 5.95. The van der Waals surface area contributed by atoms with Crippen LogP contribution in [0.15, 0.2) is 41.0 Å². The summed E-state index contributed by atoms with van der Waals surface area (Å²) in [5.41, 5.74) is 0.352. The maximum Gasteiger partial charge on any atom is 0.244 e. The fraction of sp³-hybridized carbons (Fsp3) is 0.294. The van der Waals surface area contributed by atoms with Crippen LogP contribution in [0.4, 0.5) is 5.69 Å². The van der Waals surface area contributed by atoms with E-state index >= 15 is 0 Å². The Morgan fingerprint density at radius 1 is 1.17 bits per heavy atom. The van der Waals surface area contributed by atoms with Gasteiger partial charge in [0.2, 0.25) is 11.8 Å². The van der Waals surface area contributed by atoms with Crippen molar-refractivity contribution in [3.63, 3.8) is 0 Å². The second kappa shape index (κ2) is 8.76. The van der Waals surface area contributed by atoms with Crippen molar-refractivity contribution in [2.24, 2.45) is 0 Å². The van der Waals surface area contributed by atoms with Crippen LogP contribution in [0.1, 0.15) is 19.1 Å². The van der Waals surface area contributed by atoms with E-state index in [1.807, 2.05) is 13.0 Å². The third kappa shape index (κ3) is 5.01. The van der Waals surface area contributed by atoms with Crippen molar-refractivity contribution >= 4 is 40.7 Å². The molecule has 2 aromatic rings. The molecule has 7 heteroatoms. The molecule has 2 rings (SSSR count). The number of furan rings is 1. The maximum atomic E-state index is 12.2. The molecule has 0 radical (unpaired) electrons. The number of hydrogen-bond acceptors (Lipinski definition) is 3. The maximum absolute atomic E-state index is 12.2. The van der Waals surface area contributed by atoms with Crippen LogP contribution in [0.25, 0.3) is 0 Å². The van der Waals surface area contributed by atoms with E-state index in [4.69, 9.17) is 27.6 Å². The zero-order valence-electron chi connectivity index (χ0n) is 13.2. The van der Waals surface area contributed by atoms with Crippen molar-refractivity contribution in [1.82, 2.24) is 4.90 Å². The van der Waals surface area contributed by atoms with Crippen LogP contribution in [0.2, 0.25) is 10.0 Å². The van der Waals surface area contributed by atoms with Gasteiger partial charge in [0, 0.05) is 19.4 Å². The number of benzene rings is 1. The van der Waals surface area contributed by atoms with Crippen molar-refractivity contribution < 1.29 is 14.0 Å². The summed E-state index contributed by atoms with van der Waals surface area (Å²) in [5.74, 6) is 0.277. The van der Waals surface area contributed by atoms with Crippen LogP contribution in [0.5, 0.6) is 0 Å². The highest BCUT2D eigenvalue weighted by atomic mass is 35.5. The normalized spacial score (nSPS) is 10.5. The monoisotopic (exact) mass is 368 g/mol. The first-order chi connectivity index (χ1) is 11.5. The summed E-state index contributed by atoms with van der Waals surface area (Å²) in [6.07, 6.45) is 2.35. The van der Waals surface area contributed by atoms with Gasteiger partial charge in [-0.05, 0) is 31.2 Å². The van der Waals surface area contributed by atoms with Crippen LogP contribution >= 0.6 is 23.2 Å². The van der Waals surface area contributed by atoms with E-state index in [2.05, 4.69) is 5.32 Å². The van der Waals surface area contributed by atoms with Gasteiger partial charge in [0.15, 0.2) is 0 Å². The highest BCUT2D eigenvalue weighted by Gasteiger charge is 2.17. The molecule has 0 atom stereocenters. The zero-order chi connectivity index (χ0) is 17.5. The molecule has 0 fully saturated rings. The number of likely N-dealkylation sites (N-methyl/N-ethyl adjacent to an activating group) is 1. The van der Waals surface area contributed by atoms with Crippen LogP contribution < -0.4 is 5.32 Å². The van der Waals surface area contributed by atoms with Crippen molar-refractivity contribution in [3.8, 4) is 0 Å². The van der Waals surface area contributed by atoms with E-state index in [0.29, 0.717) is 28.7 Å². The molecule has 0 aliphatic rings. The first-order valence-corrected chi connectivity index (χ1v) is 8.31.